The summed E-state index contributed by atoms with van der Waals surface area (Å²) in [4.78, 5) is 15.8. The van der Waals surface area contributed by atoms with E-state index in [1.54, 1.807) is 18.2 Å². The largest absolute Gasteiger partial charge is 0.332 e. The van der Waals surface area contributed by atoms with Gasteiger partial charge in [0.1, 0.15) is 0 Å². The molecule has 1 aliphatic heterocycles. The summed E-state index contributed by atoms with van der Waals surface area (Å²) >= 11 is 0. The molecular formula is C19H26N3O3S+. The van der Waals surface area contributed by atoms with Crippen molar-refractivity contribution in [2.75, 3.05) is 39.3 Å². The van der Waals surface area contributed by atoms with Crippen LogP contribution in [-0.4, -0.2) is 58.5 Å². The van der Waals surface area contributed by atoms with Crippen molar-refractivity contribution in [2.45, 2.75) is 18.2 Å². The van der Waals surface area contributed by atoms with Crippen molar-refractivity contribution in [1.29, 1.82) is 0 Å². The second kappa shape index (κ2) is 8.16. The first-order chi connectivity index (χ1) is 12.5. The van der Waals surface area contributed by atoms with Crippen LogP contribution in [0.2, 0.25) is 0 Å². The highest BCUT2D eigenvalue weighted by Gasteiger charge is 2.23. The minimum Gasteiger partial charge on any atom is -0.332 e. The first kappa shape index (κ1) is 18.8. The maximum Gasteiger partial charge on any atom is 0.240 e. The van der Waals surface area contributed by atoms with Crippen molar-refractivity contribution in [1.82, 2.24) is 9.62 Å². The maximum atomic E-state index is 12.5. The first-order valence-corrected chi connectivity index (χ1v) is 10.6. The fourth-order valence-electron chi connectivity index (χ4n) is 3.29. The monoisotopic (exact) mass is 376 g/mol. The van der Waals surface area contributed by atoms with Crippen molar-refractivity contribution >= 4 is 26.7 Å². The molecule has 0 atom stereocenters. The normalized spacial score (nSPS) is 16.1. The van der Waals surface area contributed by atoms with Gasteiger partial charge in [-0.1, -0.05) is 30.3 Å². The van der Waals surface area contributed by atoms with Crippen LogP contribution >= 0.6 is 0 Å². The summed E-state index contributed by atoms with van der Waals surface area (Å²) < 4.78 is 27.5. The predicted molar refractivity (Wildman–Crippen MR) is 102 cm³/mol. The van der Waals surface area contributed by atoms with Crippen LogP contribution in [0.25, 0.3) is 10.8 Å². The van der Waals surface area contributed by atoms with E-state index in [9.17, 15) is 13.2 Å². The van der Waals surface area contributed by atoms with E-state index in [0.29, 0.717) is 0 Å². The van der Waals surface area contributed by atoms with Gasteiger partial charge >= 0.3 is 0 Å². The number of nitrogens with zero attached hydrogens (tertiary/aromatic N) is 1. The summed E-state index contributed by atoms with van der Waals surface area (Å²) in [5.41, 5.74) is 0. The molecule has 140 valence electrons. The van der Waals surface area contributed by atoms with E-state index < -0.39 is 10.0 Å². The zero-order chi connectivity index (χ0) is 18.6. The molecule has 7 heteroatoms. The van der Waals surface area contributed by atoms with E-state index in [4.69, 9.17) is 0 Å². The molecule has 2 aromatic rings. The Kier molecular flexibility index (Phi) is 5.90. The van der Waals surface area contributed by atoms with Crippen LogP contribution in [0, 0.1) is 0 Å². The van der Waals surface area contributed by atoms with E-state index in [1.165, 1.54) is 4.90 Å². The molecular weight excluding hydrogens is 350 g/mol. The van der Waals surface area contributed by atoms with Gasteiger partial charge in [-0.15, -0.1) is 0 Å². The number of rotatable bonds is 6. The van der Waals surface area contributed by atoms with E-state index >= 15 is 0 Å². The van der Waals surface area contributed by atoms with Gasteiger partial charge in [0, 0.05) is 13.0 Å². The molecule has 0 bridgehead atoms. The van der Waals surface area contributed by atoms with E-state index in [1.807, 2.05) is 29.2 Å². The predicted octanol–water partition coefficient (Wildman–Crippen LogP) is 0.255. The zero-order valence-electron chi connectivity index (χ0n) is 15.1. The SMILES string of the molecule is CC[NH+]1CCN(C(=O)CCNS(=O)(=O)c2ccc3ccccc3c2)CC1. The lowest BCUT2D eigenvalue weighted by Gasteiger charge is -2.31. The Morgan fingerprint density at radius 1 is 1.12 bits per heavy atom. The van der Waals surface area contributed by atoms with E-state index in [-0.39, 0.29) is 23.8 Å². The van der Waals surface area contributed by atoms with Crippen LogP contribution in [0.1, 0.15) is 13.3 Å². The highest BCUT2D eigenvalue weighted by atomic mass is 32.2. The summed E-state index contributed by atoms with van der Waals surface area (Å²) in [6.07, 6.45) is 0.189. The van der Waals surface area contributed by atoms with Crippen LogP contribution in [-0.2, 0) is 14.8 Å². The molecule has 2 N–H and O–H groups in total. The summed E-state index contributed by atoms with van der Waals surface area (Å²) in [6, 6.07) is 12.7. The molecule has 0 unspecified atom stereocenters. The van der Waals surface area contributed by atoms with Crippen molar-refractivity contribution in [3.8, 4) is 0 Å². The molecule has 0 spiro atoms. The van der Waals surface area contributed by atoms with Gasteiger partial charge in [0.05, 0.1) is 37.6 Å². The zero-order valence-corrected chi connectivity index (χ0v) is 15.9. The van der Waals surface area contributed by atoms with Gasteiger partial charge in [-0.05, 0) is 29.8 Å². The molecule has 0 saturated carbocycles. The highest BCUT2D eigenvalue weighted by molar-refractivity contribution is 7.89. The van der Waals surface area contributed by atoms with Crippen molar-refractivity contribution in [3.05, 3.63) is 42.5 Å². The molecule has 2 aromatic carbocycles. The molecule has 3 rings (SSSR count). The quantitative estimate of drug-likeness (QED) is 0.760. The smallest absolute Gasteiger partial charge is 0.240 e. The molecule has 1 amide bonds. The number of likely N-dealkylation sites (N-methyl/N-ethyl adjacent to an activating group) is 1. The van der Waals surface area contributed by atoms with Crippen LogP contribution < -0.4 is 9.62 Å². The Balaban J connectivity index is 1.55. The Labute approximate surface area is 154 Å². The van der Waals surface area contributed by atoms with Crippen LogP contribution in [0.3, 0.4) is 0 Å². The van der Waals surface area contributed by atoms with Gasteiger partial charge in [0.25, 0.3) is 0 Å². The van der Waals surface area contributed by atoms with Gasteiger partial charge in [0.15, 0.2) is 0 Å². The standard InChI is InChI=1S/C19H25N3O3S/c1-2-21-11-13-22(14-12-21)19(23)9-10-20-26(24,25)18-8-7-16-5-3-4-6-17(16)15-18/h3-8,15,20H,2,9-14H2,1H3/p+1. The summed E-state index contributed by atoms with van der Waals surface area (Å²) in [7, 11) is -3.62. The van der Waals surface area contributed by atoms with Crippen molar-refractivity contribution < 1.29 is 18.1 Å². The second-order valence-electron chi connectivity index (χ2n) is 6.64. The fraction of sp³-hybridized carbons (Fsp3) is 0.421. The number of carbonyl (C=O) groups is 1. The second-order valence-corrected chi connectivity index (χ2v) is 8.41. The Morgan fingerprint density at radius 2 is 1.81 bits per heavy atom. The third-order valence-electron chi connectivity index (χ3n) is 4.99. The molecule has 1 fully saturated rings. The summed E-state index contributed by atoms with van der Waals surface area (Å²) in [5, 5.41) is 1.87. The molecule has 6 nitrogen and oxygen atoms in total. The number of carbonyl (C=O) groups excluding carboxylic acids is 1. The number of benzene rings is 2. The highest BCUT2D eigenvalue weighted by Crippen LogP contribution is 2.18. The van der Waals surface area contributed by atoms with Crippen molar-refractivity contribution in [2.24, 2.45) is 0 Å². The van der Waals surface area contributed by atoms with Gasteiger partial charge < -0.3 is 9.80 Å². The number of quaternary nitrogens is 1. The fourth-order valence-corrected chi connectivity index (χ4v) is 4.36. The topological polar surface area (TPSA) is 70.9 Å². The lowest BCUT2D eigenvalue weighted by molar-refractivity contribution is -0.902. The molecule has 0 aliphatic carbocycles. The number of sulfonamides is 1. The average Bonchev–Trinajstić information content (AvgIpc) is 2.67. The van der Waals surface area contributed by atoms with Gasteiger partial charge in [-0.2, -0.15) is 0 Å². The third-order valence-corrected chi connectivity index (χ3v) is 6.44. The lowest BCUT2D eigenvalue weighted by Crippen LogP contribution is -3.14. The number of hydrogen-bond acceptors (Lipinski definition) is 3. The molecule has 0 radical (unpaired) electrons. The van der Waals surface area contributed by atoms with Crippen molar-refractivity contribution in [3.63, 3.8) is 0 Å². The van der Waals surface area contributed by atoms with Gasteiger partial charge in [0.2, 0.25) is 15.9 Å². The molecule has 1 heterocycles. The van der Waals surface area contributed by atoms with Crippen LogP contribution in [0.4, 0.5) is 0 Å². The lowest BCUT2D eigenvalue weighted by atomic mass is 10.1. The minimum atomic E-state index is -3.62. The van der Waals surface area contributed by atoms with Crippen LogP contribution in [0.15, 0.2) is 47.4 Å². The van der Waals surface area contributed by atoms with E-state index in [2.05, 4.69) is 11.6 Å². The number of hydrogen-bond donors (Lipinski definition) is 2. The molecule has 26 heavy (non-hydrogen) atoms. The summed E-state index contributed by atoms with van der Waals surface area (Å²) in [6.45, 7) is 6.77. The van der Waals surface area contributed by atoms with E-state index in [0.717, 1.165) is 43.5 Å². The average molecular weight is 377 g/mol. The molecule has 1 aliphatic rings. The Bertz CT molecular complexity index is 874. The number of fused-ring (bicyclic) bond motifs is 1. The number of amides is 1. The Morgan fingerprint density at radius 3 is 2.50 bits per heavy atom. The van der Waals surface area contributed by atoms with Crippen LogP contribution in [0.5, 0.6) is 0 Å². The minimum absolute atomic E-state index is 0.0152. The third kappa shape index (κ3) is 4.41. The van der Waals surface area contributed by atoms with Gasteiger partial charge in [-0.3, -0.25) is 4.79 Å². The number of nitrogens with one attached hydrogen (secondary N) is 2. The molecule has 1 saturated heterocycles. The van der Waals surface area contributed by atoms with Gasteiger partial charge in [-0.25, -0.2) is 13.1 Å². The summed E-state index contributed by atoms with van der Waals surface area (Å²) in [5.74, 6) is 0.0152. The Hall–Kier alpha value is -1.96. The number of piperazine rings is 1. The maximum absolute atomic E-state index is 12.5. The molecule has 0 aromatic heterocycles. The first-order valence-electron chi connectivity index (χ1n) is 9.09.